The van der Waals surface area contributed by atoms with Crippen molar-refractivity contribution in [2.75, 3.05) is 0 Å². The zero-order valence-corrected chi connectivity index (χ0v) is 14.7. The Morgan fingerprint density at radius 1 is 0.857 bits per heavy atom. The summed E-state index contributed by atoms with van der Waals surface area (Å²) < 4.78 is 0. The monoisotopic (exact) mass is 292 g/mol. The summed E-state index contributed by atoms with van der Waals surface area (Å²) in [5, 5.41) is 0. The molecule has 0 bridgehead atoms. The van der Waals surface area contributed by atoms with E-state index in [4.69, 9.17) is 0 Å². The minimum Gasteiger partial charge on any atom is -0.295 e. The fourth-order valence-electron chi connectivity index (χ4n) is 3.48. The van der Waals surface area contributed by atoms with E-state index in [1.165, 1.54) is 69.8 Å². The first-order valence-electron chi connectivity index (χ1n) is 9.26. The Hall–Kier alpha value is -0.590. The van der Waals surface area contributed by atoms with E-state index < -0.39 is 0 Å². The van der Waals surface area contributed by atoms with Crippen LogP contribution >= 0.6 is 0 Å². The lowest BCUT2D eigenvalue weighted by molar-refractivity contribution is -0.117. The van der Waals surface area contributed by atoms with Crippen molar-refractivity contribution in [2.45, 2.75) is 104 Å². The first kappa shape index (κ1) is 18.5. The molecule has 0 spiro atoms. The molecule has 0 saturated heterocycles. The third-order valence-electron chi connectivity index (χ3n) is 4.57. The third-order valence-corrected chi connectivity index (χ3v) is 4.57. The molecule has 0 unspecified atom stereocenters. The van der Waals surface area contributed by atoms with Crippen LogP contribution in [0.5, 0.6) is 0 Å². The Labute approximate surface area is 132 Å². The van der Waals surface area contributed by atoms with Gasteiger partial charge in [-0.3, -0.25) is 4.79 Å². The molecule has 0 atom stereocenters. The number of ketones is 1. The molecule has 122 valence electrons. The van der Waals surface area contributed by atoms with Crippen LogP contribution in [0.15, 0.2) is 11.6 Å². The Bertz CT molecular complexity index is 325. The second kappa shape index (κ2) is 10.2. The molecule has 0 radical (unpaired) electrons. The van der Waals surface area contributed by atoms with Crippen molar-refractivity contribution in [3.05, 3.63) is 11.6 Å². The number of carbonyl (C=O) groups is 1. The van der Waals surface area contributed by atoms with Crippen molar-refractivity contribution in [2.24, 2.45) is 5.41 Å². The van der Waals surface area contributed by atoms with Crippen molar-refractivity contribution >= 4 is 5.78 Å². The summed E-state index contributed by atoms with van der Waals surface area (Å²) in [7, 11) is 0. The summed E-state index contributed by atoms with van der Waals surface area (Å²) in [4.78, 5) is 11.7. The maximum atomic E-state index is 11.7. The maximum absolute atomic E-state index is 11.7. The highest BCUT2D eigenvalue weighted by atomic mass is 16.1. The Morgan fingerprint density at radius 2 is 1.38 bits per heavy atom. The third kappa shape index (κ3) is 9.11. The average molecular weight is 293 g/mol. The van der Waals surface area contributed by atoms with E-state index >= 15 is 0 Å². The quantitative estimate of drug-likeness (QED) is 0.391. The minimum atomic E-state index is 0.194. The Balaban J connectivity index is 1.98. The predicted octanol–water partition coefficient (Wildman–Crippen LogP) is 6.61. The minimum absolute atomic E-state index is 0.194. The second-order valence-corrected chi connectivity index (χ2v) is 7.72. The molecule has 1 aliphatic rings. The molecule has 0 saturated carbocycles. The molecule has 0 aromatic carbocycles. The number of rotatable bonds is 11. The topological polar surface area (TPSA) is 17.1 Å². The standard InChI is InChI=1S/C20H36O/c1-4-5-6-7-8-9-10-11-12-13-14-18-15-19(21)17-20(2,3)16-18/h15H,4-14,16-17H2,1-3H3. The van der Waals surface area contributed by atoms with Crippen LogP contribution in [0, 0.1) is 5.41 Å². The number of unbranched alkanes of at least 4 members (excludes halogenated alkanes) is 9. The molecular weight excluding hydrogens is 256 g/mol. The van der Waals surface area contributed by atoms with Gasteiger partial charge in [0.25, 0.3) is 0 Å². The van der Waals surface area contributed by atoms with Gasteiger partial charge in [-0.1, -0.05) is 84.1 Å². The summed E-state index contributed by atoms with van der Waals surface area (Å²) in [5.41, 5.74) is 1.59. The van der Waals surface area contributed by atoms with Gasteiger partial charge >= 0.3 is 0 Å². The molecule has 0 aromatic heterocycles. The van der Waals surface area contributed by atoms with Gasteiger partial charge in [0.2, 0.25) is 0 Å². The lowest BCUT2D eigenvalue weighted by atomic mass is 9.76. The van der Waals surface area contributed by atoms with E-state index in [1.807, 2.05) is 6.08 Å². The first-order valence-corrected chi connectivity index (χ1v) is 9.26. The molecule has 1 aliphatic carbocycles. The lowest BCUT2D eigenvalue weighted by Gasteiger charge is -2.28. The highest BCUT2D eigenvalue weighted by Gasteiger charge is 2.26. The van der Waals surface area contributed by atoms with Gasteiger partial charge in [-0.25, -0.2) is 0 Å². The average Bonchev–Trinajstić information content (AvgIpc) is 2.38. The largest absolute Gasteiger partial charge is 0.295 e. The fraction of sp³-hybridized carbons (Fsp3) is 0.850. The molecule has 21 heavy (non-hydrogen) atoms. The summed E-state index contributed by atoms with van der Waals surface area (Å²) >= 11 is 0. The van der Waals surface area contributed by atoms with Gasteiger partial charge in [0.1, 0.15) is 0 Å². The van der Waals surface area contributed by atoms with Crippen LogP contribution in [0.1, 0.15) is 104 Å². The zero-order valence-electron chi connectivity index (χ0n) is 14.7. The normalized spacial score (nSPS) is 17.9. The molecule has 0 amide bonds. The molecule has 0 fully saturated rings. The zero-order chi connectivity index (χ0) is 15.6. The summed E-state index contributed by atoms with van der Waals surface area (Å²) in [5.74, 6) is 0.341. The molecule has 0 N–H and O–H groups in total. The molecule has 0 aromatic rings. The van der Waals surface area contributed by atoms with Crippen molar-refractivity contribution in [1.82, 2.24) is 0 Å². The smallest absolute Gasteiger partial charge is 0.156 e. The molecule has 0 aliphatic heterocycles. The Morgan fingerprint density at radius 3 is 1.90 bits per heavy atom. The second-order valence-electron chi connectivity index (χ2n) is 7.72. The summed E-state index contributed by atoms with van der Waals surface area (Å²) in [6.45, 7) is 6.71. The van der Waals surface area contributed by atoms with E-state index in [2.05, 4.69) is 20.8 Å². The maximum Gasteiger partial charge on any atom is 0.156 e. The van der Waals surface area contributed by atoms with Gasteiger partial charge in [-0.15, -0.1) is 0 Å². The molecule has 1 rings (SSSR count). The molecule has 1 heteroatoms. The molecule has 1 nitrogen and oxygen atoms in total. The van der Waals surface area contributed by atoms with E-state index in [0.29, 0.717) is 5.78 Å². The highest BCUT2D eigenvalue weighted by Crippen LogP contribution is 2.35. The lowest BCUT2D eigenvalue weighted by Crippen LogP contribution is -2.21. The Kier molecular flexibility index (Phi) is 8.96. The van der Waals surface area contributed by atoms with Crippen LogP contribution in [0.2, 0.25) is 0 Å². The van der Waals surface area contributed by atoms with Gasteiger partial charge < -0.3 is 0 Å². The van der Waals surface area contributed by atoms with Crippen LogP contribution in [0.4, 0.5) is 0 Å². The number of hydrogen-bond donors (Lipinski definition) is 0. The molecule has 0 heterocycles. The van der Waals surface area contributed by atoms with Gasteiger partial charge in [0, 0.05) is 6.42 Å². The number of hydrogen-bond acceptors (Lipinski definition) is 1. The number of carbonyl (C=O) groups excluding carboxylic acids is 1. The van der Waals surface area contributed by atoms with Crippen LogP contribution in [-0.4, -0.2) is 5.78 Å². The molecular formula is C20H36O. The van der Waals surface area contributed by atoms with Crippen LogP contribution in [0.3, 0.4) is 0 Å². The predicted molar refractivity (Wildman–Crippen MR) is 92.6 cm³/mol. The van der Waals surface area contributed by atoms with Crippen molar-refractivity contribution in [1.29, 1.82) is 0 Å². The van der Waals surface area contributed by atoms with Gasteiger partial charge in [-0.05, 0) is 30.8 Å². The van der Waals surface area contributed by atoms with Crippen molar-refractivity contribution in [3.63, 3.8) is 0 Å². The summed E-state index contributed by atoms with van der Waals surface area (Å²) in [6, 6.07) is 0. The van der Waals surface area contributed by atoms with E-state index in [9.17, 15) is 4.79 Å². The van der Waals surface area contributed by atoms with Gasteiger partial charge in [0.05, 0.1) is 0 Å². The van der Waals surface area contributed by atoms with Crippen molar-refractivity contribution in [3.8, 4) is 0 Å². The van der Waals surface area contributed by atoms with Gasteiger partial charge in [0.15, 0.2) is 5.78 Å². The van der Waals surface area contributed by atoms with Crippen molar-refractivity contribution < 1.29 is 4.79 Å². The summed E-state index contributed by atoms with van der Waals surface area (Å²) in [6.07, 6.45) is 18.7. The fourth-order valence-corrected chi connectivity index (χ4v) is 3.48. The first-order chi connectivity index (χ1) is 10.0. The van der Waals surface area contributed by atoms with E-state index in [1.54, 1.807) is 0 Å². The van der Waals surface area contributed by atoms with Gasteiger partial charge in [-0.2, -0.15) is 0 Å². The number of allylic oxidation sites excluding steroid dienone is 2. The SMILES string of the molecule is CCCCCCCCCCCCC1=CC(=O)CC(C)(C)C1. The highest BCUT2D eigenvalue weighted by molar-refractivity contribution is 5.91. The van der Waals surface area contributed by atoms with Crippen LogP contribution in [0.25, 0.3) is 0 Å². The van der Waals surface area contributed by atoms with Crippen LogP contribution in [-0.2, 0) is 4.79 Å². The van der Waals surface area contributed by atoms with E-state index in [0.717, 1.165) is 19.3 Å². The van der Waals surface area contributed by atoms with Crippen LogP contribution < -0.4 is 0 Å². The van der Waals surface area contributed by atoms with E-state index in [-0.39, 0.29) is 5.41 Å².